The highest BCUT2D eigenvalue weighted by atomic mass is 35.5. The minimum Gasteiger partial charge on any atom is -0.319 e. The van der Waals surface area contributed by atoms with Gasteiger partial charge in [-0.2, -0.15) is 4.99 Å². The van der Waals surface area contributed by atoms with Crippen LogP contribution in [0.1, 0.15) is 10.4 Å². The van der Waals surface area contributed by atoms with Crippen molar-refractivity contribution in [2.45, 2.75) is 0 Å². The minimum absolute atomic E-state index is 0.360. The van der Waals surface area contributed by atoms with Gasteiger partial charge in [0.1, 0.15) is 0 Å². The van der Waals surface area contributed by atoms with Crippen LogP contribution in [0.5, 0.6) is 0 Å². The van der Waals surface area contributed by atoms with E-state index < -0.39 is 0 Å². The molecule has 21 heavy (non-hydrogen) atoms. The summed E-state index contributed by atoms with van der Waals surface area (Å²) in [6, 6.07) is 12.6. The van der Waals surface area contributed by atoms with Crippen LogP contribution in [0.15, 0.2) is 47.5 Å². The minimum atomic E-state index is -0.360. The Bertz CT molecular complexity index is 891. The molecule has 6 heteroatoms. The first-order valence-corrected chi connectivity index (χ1v) is 7.71. The summed E-state index contributed by atoms with van der Waals surface area (Å²) < 4.78 is 2.97. The molecular formula is C15H10Cl2N2OS. The van der Waals surface area contributed by atoms with Crippen molar-refractivity contribution in [3.63, 3.8) is 0 Å². The zero-order chi connectivity index (χ0) is 15.0. The number of rotatable bonds is 1. The largest absolute Gasteiger partial charge is 0.319 e. The Hall–Kier alpha value is -1.62. The van der Waals surface area contributed by atoms with Gasteiger partial charge in [0.05, 0.1) is 10.2 Å². The predicted octanol–water partition coefficient (Wildman–Crippen LogP) is 4.29. The molecule has 3 nitrogen and oxygen atoms in total. The normalized spacial score (nSPS) is 12.0. The quantitative estimate of drug-likeness (QED) is 0.652. The summed E-state index contributed by atoms with van der Waals surface area (Å²) in [5, 5.41) is 0.837. The molecule has 3 aromatic rings. The summed E-state index contributed by atoms with van der Waals surface area (Å²) in [6.45, 7) is 0. The highest BCUT2D eigenvalue weighted by Crippen LogP contribution is 2.20. The summed E-state index contributed by atoms with van der Waals surface area (Å²) in [5.74, 6) is -0.360. The van der Waals surface area contributed by atoms with E-state index >= 15 is 0 Å². The molecule has 0 unspecified atom stereocenters. The standard InChI is InChI=1S/C15H10Cl2N2OS/c1-19-12-4-2-3-5-13(12)21-15(19)18-14(20)9-6-10(16)8-11(17)7-9/h2-8H,1H3. The van der Waals surface area contributed by atoms with Gasteiger partial charge in [-0.15, -0.1) is 0 Å². The van der Waals surface area contributed by atoms with E-state index in [9.17, 15) is 4.79 Å². The van der Waals surface area contributed by atoms with E-state index in [1.807, 2.05) is 35.9 Å². The molecule has 0 aliphatic heterocycles. The fourth-order valence-electron chi connectivity index (χ4n) is 2.02. The lowest BCUT2D eigenvalue weighted by Gasteiger charge is -1.98. The van der Waals surface area contributed by atoms with Crippen LogP contribution in [-0.4, -0.2) is 10.5 Å². The van der Waals surface area contributed by atoms with E-state index in [2.05, 4.69) is 4.99 Å². The van der Waals surface area contributed by atoms with Gasteiger partial charge < -0.3 is 4.57 Å². The number of aryl methyl sites for hydroxylation is 1. The molecule has 3 rings (SSSR count). The van der Waals surface area contributed by atoms with E-state index in [1.54, 1.807) is 18.2 Å². The van der Waals surface area contributed by atoms with Crippen molar-refractivity contribution >= 4 is 50.7 Å². The first-order chi connectivity index (χ1) is 10.0. The molecule has 0 N–H and O–H groups in total. The van der Waals surface area contributed by atoms with E-state index in [0.29, 0.717) is 20.4 Å². The average Bonchev–Trinajstić information content (AvgIpc) is 2.75. The molecule has 0 aliphatic rings. The van der Waals surface area contributed by atoms with Gasteiger partial charge in [0.25, 0.3) is 5.91 Å². The topological polar surface area (TPSA) is 34.4 Å². The van der Waals surface area contributed by atoms with Gasteiger partial charge in [-0.05, 0) is 30.3 Å². The fourth-order valence-corrected chi connectivity index (χ4v) is 3.56. The number of nitrogens with zero attached hydrogens (tertiary/aromatic N) is 2. The monoisotopic (exact) mass is 336 g/mol. The third-order valence-corrected chi connectivity index (χ3v) is 4.57. The Balaban J connectivity index is 2.11. The average molecular weight is 337 g/mol. The second-order valence-electron chi connectivity index (χ2n) is 4.49. The first kappa shape index (κ1) is 14.3. The molecule has 0 bridgehead atoms. The lowest BCUT2D eigenvalue weighted by Crippen LogP contribution is -2.13. The number of halogens is 2. The zero-order valence-corrected chi connectivity index (χ0v) is 13.3. The Kier molecular flexibility index (Phi) is 3.85. The molecule has 0 aliphatic carbocycles. The lowest BCUT2D eigenvalue weighted by molar-refractivity contribution is 0.0998. The second-order valence-corrected chi connectivity index (χ2v) is 6.37. The maximum atomic E-state index is 12.3. The maximum absolute atomic E-state index is 12.3. The van der Waals surface area contributed by atoms with Crippen molar-refractivity contribution in [2.75, 3.05) is 0 Å². The van der Waals surface area contributed by atoms with Crippen LogP contribution in [-0.2, 0) is 7.05 Å². The Morgan fingerprint density at radius 2 is 1.81 bits per heavy atom. The third kappa shape index (κ3) is 2.88. The summed E-state index contributed by atoms with van der Waals surface area (Å²) in [4.78, 5) is 17.1. The Morgan fingerprint density at radius 3 is 2.48 bits per heavy atom. The van der Waals surface area contributed by atoms with Crippen molar-refractivity contribution in [3.8, 4) is 0 Å². The van der Waals surface area contributed by atoms with Crippen LogP contribution in [0.25, 0.3) is 10.2 Å². The van der Waals surface area contributed by atoms with E-state index in [4.69, 9.17) is 23.2 Å². The lowest BCUT2D eigenvalue weighted by atomic mass is 10.2. The van der Waals surface area contributed by atoms with Gasteiger partial charge in [-0.25, -0.2) is 0 Å². The summed E-state index contributed by atoms with van der Waals surface area (Å²) in [5.41, 5.74) is 1.42. The highest BCUT2D eigenvalue weighted by Gasteiger charge is 2.08. The van der Waals surface area contributed by atoms with Gasteiger partial charge in [0.2, 0.25) is 0 Å². The number of carbonyl (C=O) groups is 1. The number of hydrogen-bond acceptors (Lipinski definition) is 2. The smallest absolute Gasteiger partial charge is 0.279 e. The first-order valence-electron chi connectivity index (χ1n) is 6.14. The van der Waals surface area contributed by atoms with Gasteiger partial charge in [-0.1, -0.05) is 46.7 Å². The Labute approximate surface area is 135 Å². The second kappa shape index (κ2) is 5.64. The number of carbonyl (C=O) groups excluding carboxylic acids is 1. The number of benzene rings is 2. The molecule has 0 saturated carbocycles. The van der Waals surface area contributed by atoms with Gasteiger partial charge in [0.15, 0.2) is 4.80 Å². The summed E-state index contributed by atoms with van der Waals surface area (Å²) in [7, 11) is 1.88. The van der Waals surface area contributed by atoms with Crippen molar-refractivity contribution in [3.05, 3.63) is 62.9 Å². The van der Waals surface area contributed by atoms with Gasteiger partial charge in [-0.3, -0.25) is 4.79 Å². The molecule has 2 aromatic carbocycles. The molecule has 0 fully saturated rings. The van der Waals surface area contributed by atoms with Crippen LogP contribution in [0.4, 0.5) is 0 Å². The van der Waals surface area contributed by atoms with E-state index in [1.165, 1.54) is 11.3 Å². The van der Waals surface area contributed by atoms with Crippen molar-refractivity contribution in [1.82, 2.24) is 4.57 Å². The number of amides is 1. The fraction of sp³-hybridized carbons (Fsp3) is 0.0667. The molecule has 106 valence electrons. The molecule has 1 amide bonds. The van der Waals surface area contributed by atoms with Crippen LogP contribution >= 0.6 is 34.5 Å². The summed E-state index contributed by atoms with van der Waals surface area (Å²) >= 11 is 13.3. The van der Waals surface area contributed by atoms with E-state index in [-0.39, 0.29) is 5.91 Å². The maximum Gasteiger partial charge on any atom is 0.279 e. The number of thiazole rings is 1. The number of aromatic nitrogens is 1. The molecule has 1 aromatic heterocycles. The number of fused-ring (bicyclic) bond motifs is 1. The van der Waals surface area contributed by atoms with Crippen LogP contribution in [0.2, 0.25) is 10.0 Å². The molecule has 0 spiro atoms. The molecular weight excluding hydrogens is 327 g/mol. The number of para-hydroxylation sites is 1. The molecule has 0 saturated heterocycles. The zero-order valence-electron chi connectivity index (χ0n) is 11.0. The van der Waals surface area contributed by atoms with Crippen LogP contribution in [0.3, 0.4) is 0 Å². The van der Waals surface area contributed by atoms with Crippen molar-refractivity contribution in [2.24, 2.45) is 12.0 Å². The van der Waals surface area contributed by atoms with Gasteiger partial charge in [0, 0.05) is 22.7 Å². The highest BCUT2D eigenvalue weighted by molar-refractivity contribution is 7.16. The Morgan fingerprint density at radius 1 is 1.14 bits per heavy atom. The van der Waals surface area contributed by atoms with Crippen molar-refractivity contribution in [1.29, 1.82) is 0 Å². The summed E-state index contributed by atoms with van der Waals surface area (Å²) in [6.07, 6.45) is 0. The van der Waals surface area contributed by atoms with Crippen LogP contribution in [0, 0.1) is 0 Å². The SMILES string of the molecule is Cn1c(=NC(=O)c2cc(Cl)cc(Cl)c2)sc2ccccc21. The predicted molar refractivity (Wildman–Crippen MR) is 87.2 cm³/mol. The third-order valence-electron chi connectivity index (χ3n) is 3.02. The van der Waals surface area contributed by atoms with E-state index in [0.717, 1.165) is 10.2 Å². The van der Waals surface area contributed by atoms with Gasteiger partial charge >= 0.3 is 0 Å². The molecule has 1 heterocycles. The van der Waals surface area contributed by atoms with Crippen molar-refractivity contribution < 1.29 is 4.79 Å². The molecule has 0 radical (unpaired) electrons. The number of hydrogen-bond donors (Lipinski definition) is 0. The molecule has 0 atom stereocenters. The van der Waals surface area contributed by atoms with Crippen LogP contribution < -0.4 is 4.80 Å².